The maximum atomic E-state index is 10.8. The van der Waals surface area contributed by atoms with Gasteiger partial charge in [-0.25, -0.2) is 4.98 Å². The minimum absolute atomic E-state index is 0.0263. The van der Waals surface area contributed by atoms with Gasteiger partial charge in [-0.15, -0.1) is 0 Å². The van der Waals surface area contributed by atoms with Crippen molar-refractivity contribution in [2.24, 2.45) is 0 Å². The fraction of sp³-hybridized carbons (Fsp3) is 0.583. The fourth-order valence-electron chi connectivity index (χ4n) is 2.39. The predicted molar refractivity (Wildman–Crippen MR) is 74.8 cm³/mol. The van der Waals surface area contributed by atoms with E-state index in [-0.39, 0.29) is 10.8 Å². The van der Waals surface area contributed by atoms with E-state index in [0.29, 0.717) is 11.9 Å². The summed E-state index contributed by atoms with van der Waals surface area (Å²) in [7, 11) is 3.98. The van der Waals surface area contributed by atoms with E-state index in [1.807, 2.05) is 11.9 Å². The van der Waals surface area contributed by atoms with E-state index >= 15 is 0 Å². The van der Waals surface area contributed by atoms with Gasteiger partial charge in [-0.3, -0.25) is 10.1 Å². The molecule has 1 atom stereocenters. The maximum absolute atomic E-state index is 10.8. The zero-order valence-electron chi connectivity index (χ0n) is 11.0. The highest BCUT2D eigenvalue weighted by Gasteiger charge is 2.23. The van der Waals surface area contributed by atoms with Gasteiger partial charge in [0.1, 0.15) is 11.0 Å². The Kier molecular flexibility index (Phi) is 4.21. The maximum Gasteiger partial charge on any atom is 0.276 e. The van der Waals surface area contributed by atoms with Crippen LogP contribution in [0.25, 0.3) is 0 Å². The van der Waals surface area contributed by atoms with Crippen molar-refractivity contribution in [2.75, 3.05) is 32.1 Å². The smallest absolute Gasteiger partial charge is 0.276 e. The lowest BCUT2D eigenvalue weighted by molar-refractivity contribution is -0.384. The first kappa shape index (κ1) is 14.0. The first-order valence-corrected chi connectivity index (χ1v) is 6.58. The molecule has 1 aliphatic heterocycles. The molecule has 1 aliphatic rings. The normalized spacial score (nSPS) is 19.6. The minimum Gasteiger partial charge on any atom is -0.358 e. The van der Waals surface area contributed by atoms with Crippen molar-refractivity contribution < 1.29 is 4.92 Å². The Morgan fingerprint density at radius 2 is 2.37 bits per heavy atom. The van der Waals surface area contributed by atoms with Crippen LogP contribution in [-0.4, -0.2) is 48.0 Å². The standard InChI is InChI=1S/C12H17ClN4O2/c1-15-5-3-4-9(15)8-16(2)12-7-10(17(18)19)6-11(13)14-12/h6-7,9H,3-5,8H2,1-2H3. The van der Waals surface area contributed by atoms with Gasteiger partial charge in [0.15, 0.2) is 0 Å². The summed E-state index contributed by atoms with van der Waals surface area (Å²) in [6.45, 7) is 1.89. The molecular weight excluding hydrogens is 268 g/mol. The Morgan fingerprint density at radius 1 is 1.63 bits per heavy atom. The molecule has 6 nitrogen and oxygen atoms in total. The number of nitro groups is 1. The summed E-state index contributed by atoms with van der Waals surface area (Å²) in [5.41, 5.74) is -0.0263. The third-order valence-electron chi connectivity index (χ3n) is 3.52. The molecule has 1 fully saturated rings. The molecule has 0 aliphatic carbocycles. The molecule has 2 rings (SSSR count). The molecule has 2 heterocycles. The van der Waals surface area contributed by atoms with Gasteiger partial charge in [-0.2, -0.15) is 0 Å². The molecule has 0 saturated carbocycles. The van der Waals surface area contributed by atoms with Crippen molar-refractivity contribution in [1.29, 1.82) is 0 Å². The number of rotatable bonds is 4. The zero-order chi connectivity index (χ0) is 14.0. The topological polar surface area (TPSA) is 62.5 Å². The number of aromatic nitrogens is 1. The van der Waals surface area contributed by atoms with Crippen LogP contribution < -0.4 is 4.90 Å². The van der Waals surface area contributed by atoms with Crippen LogP contribution in [0.1, 0.15) is 12.8 Å². The number of pyridine rings is 1. The van der Waals surface area contributed by atoms with E-state index in [9.17, 15) is 10.1 Å². The van der Waals surface area contributed by atoms with E-state index in [0.717, 1.165) is 19.5 Å². The third kappa shape index (κ3) is 3.33. The molecule has 1 aromatic heterocycles. The Labute approximate surface area is 117 Å². The highest BCUT2D eigenvalue weighted by Crippen LogP contribution is 2.24. The number of hydrogen-bond donors (Lipinski definition) is 0. The van der Waals surface area contributed by atoms with E-state index < -0.39 is 4.92 Å². The van der Waals surface area contributed by atoms with Gasteiger partial charge in [-0.05, 0) is 26.4 Å². The van der Waals surface area contributed by atoms with E-state index in [1.54, 1.807) is 0 Å². The van der Waals surface area contributed by atoms with Gasteiger partial charge in [0.25, 0.3) is 5.69 Å². The SMILES string of the molecule is CN(CC1CCCN1C)c1cc([N+](=O)[O-])cc(Cl)n1. The highest BCUT2D eigenvalue weighted by molar-refractivity contribution is 6.29. The Balaban J connectivity index is 2.14. The Bertz CT molecular complexity index is 483. The van der Waals surface area contributed by atoms with E-state index in [1.165, 1.54) is 18.6 Å². The Hall–Kier alpha value is -1.40. The lowest BCUT2D eigenvalue weighted by atomic mass is 10.2. The van der Waals surface area contributed by atoms with Gasteiger partial charge in [0, 0.05) is 19.6 Å². The van der Waals surface area contributed by atoms with E-state index in [2.05, 4.69) is 16.9 Å². The van der Waals surface area contributed by atoms with Crippen LogP contribution in [0.4, 0.5) is 11.5 Å². The molecular formula is C12H17ClN4O2. The molecule has 1 aromatic rings. The summed E-state index contributed by atoms with van der Waals surface area (Å²) in [6.07, 6.45) is 2.33. The number of hydrogen-bond acceptors (Lipinski definition) is 5. The van der Waals surface area contributed by atoms with Crippen molar-refractivity contribution in [1.82, 2.24) is 9.88 Å². The first-order valence-electron chi connectivity index (χ1n) is 6.20. The van der Waals surface area contributed by atoms with Crippen LogP contribution >= 0.6 is 11.6 Å². The first-order chi connectivity index (χ1) is 8.97. The molecule has 0 bridgehead atoms. The van der Waals surface area contributed by atoms with Crippen molar-refractivity contribution in [3.8, 4) is 0 Å². The summed E-state index contributed by atoms with van der Waals surface area (Å²) in [4.78, 5) is 18.7. The average molecular weight is 285 g/mol. The van der Waals surface area contributed by atoms with Crippen molar-refractivity contribution in [3.05, 3.63) is 27.4 Å². The number of halogens is 1. The number of anilines is 1. The number of likely N-dealkylation sites (tertiary alicyclic amines) is 1. The van der Waals surface area contributed by atoms with E-state index in [4.69, 9.17) is 11.6 Å². The third-order valence-corrected chi connectivity index (χ3v) is 3.72. The summed E-state index contributed by atoms with van der Waals surface area (Å²) in [5, 5.41) is 11.0. The van der Waals surface area contributed by atoms with Crippen LogP contribution in [0.3, 0.4) is 0 Å². The minimum atomic E-state index is -0.452. The predicted octanol–water partition coefficient (Wildman–Crippen LogP) is 2.17. The van der Waals surface area contributed by atoms with Crippen LogP contribution in [0.2, 0.25) is 5.15 Å². The fourth-order valence-corrected chi connectivity index (χ4v) is 2.59. The van der Waals surface area contributed by atoms with Crippen LogP contribution in [0.5, 0.6) is 0 Å². The average Bonchev–Trinajstić information content (AvgIpc) is 2.74. The van der Waals surface area contributed by atoms with Crippen LogP contribution in [0, 0.1) is 10.1 Å². The molecule has 1 unspecified atom stereocenters. The van der Waals surface area contributed by atoms with Crippen molar-refractivity contribution >= 4 is 23.1 Å². The summed E-state index contributed by atoms with van der Waals surface area (Å²) < 4.78 is 0. The largest absolute Gasteiger partial charge is 0.358 e. The van der Waals surface area contributed by atoms with Crippen molar-refractivity contribution in [3.63, 3.8) is 0 Å². The van der Waals surface area contributed by atoms with Gasteiger partial charge < -0.3 is 9.80 Å². The Morgan fingerprint density at radius 3 is 2.95 bits per heavy atom. The molecule has 7 heteroatoms. The molecule has 19 heavy (non-hydrogen) atoms. The molecule has 104 valence electrons. The quantitative estimate of drug-likeness (QED) is 0.482. The molecule has 1 saturated heterocycles. The molecule has 0 spiro atoms. The summed E-state index contributed by atoms with van der Waals surface area (Å²) >= 11 is 5.83. The number of likely N-dealkylation sites (N-methyl/N-ethyl adjacent to an activating group) is 2. The molecule has 0 amide bonds. The zero-order valence-corrected chi connectivity index (χ0v) is 11.8. The molecule has 0 N–H and O–H groups in total. The lowest BCUT2D eigenvalue weighted by Gasteiger charge is -2.26. The number of nitrogens with zero attached hydrogens (tertiary/aromatic N) is 4. The highest BCUT2D eigenvalue weighted by atomic mass is 35.5. The van der Waals surface area contributed by atoms with Gasteiger partial charge >= 0.3 is 0 Å². The summed E-state index contributed by atoms with van der Waals surface area (Å²) in [6, 6.07) is 3.19. The second kappa shape index (κ2) is 5.71. The van der Waals surface area contributed by atoms with Gasteiger partial charge in [0.2, 0.25) is 0 Å². The molecule has 0 aromatic carbocycles. The van der Waals surface area contributed by atoms with Crippen molar-refractivity contribution in [2.45, 2.75) is 18.9 Å². The second-order valence-electron chi connectivity index (χ2n) is 4.92. The molecule has 0 radical (unpaired) electrons. The van der Waals surface area contributed by atoms with Crippen LogP contribution in [0.15, 0.2) is 12.1 Å². The second-order valence-corrected chi connectivity index (χ2v) is 5.31. The monoisotopic (exact) mass is 284 g/mol. The summed E-state index contributed by atoms with van der Waals surface area (Å²) in [5.74, 6) is 0.541. The lowest BCUT2D eigenvalue weighted by Crippen LogP contribution is -2.37. The van der Waals surface area contributed by atoms with Crippen LogP contribution in [-0.2, 0) is 0 Å². The van der Waals surface area contributed by atoms with Gasteiger partial charge in [-0.1, -0.05) is 11.6 Å². The van der Waals surface area contributed by atoms with Gasteiger partial charge in [0.05, 0.1) is 17.1 Å².